The predicted octanol–water partition coefficient (Wildman–Crippen LogP) is 2.53. The van der Waals surface area contributed by atoms with Gasteiger partial charge in [-0.2, -0.15) is 4.98 Å². The Kier molecular flexibility index (Phi) is 4.20. The monoisotopic (exact) mass is 341 g/mol. The first kappa shape index (κ1) is 15.5. The number of amides is 1. The van der Waals surface area contributed by atoms with Crippen molar-refractivity contribution in [1.82, 2.24) is 15.0 Å². The third-order valence-electron chi connectivity index (χ3n) is 3.78. The lowest BCUT2D eigenvalue weighted by Crippen LogP contribution is -2.34. The summed E-state index contributed by atoms with van der Waals surface area (Å²) in [5.74, 6) is 0.492. The summed E-state index contributed by atoms with van der Waals surface area (Å²) in [5, 5.41) is 13.7. The Labute approximate surface area is 136 Å². The van der Waals surface area contributed by atoms with Crippen molar-refractivity contribution in [2.45, 2.75) is 38.3 Å². The molecule has 2 aromatic heterocycles. The SMILES string of the molecule is Cc1noc([C@H]2C[C@@H](O)CN2C(=O)C(C)c2ccc(Cl)s2)n1. The number of hydrogen-bond donors (Lipinski definition) is 1. The van der Waals surface area contributed by atoms with Crippen LogP contribution in [0.25, 0.3) is 0 Å². The number of thiophene rings is 1. The number of likely N-dealkylation sites (tertiary alicyclic amines) is 1. The van der Waals surface area contributed by atoms with Crippen LogP contribution >= 0.6 is 22.9 Å². The molecule has 1 saturated heterocycles. The number of nitrogens with zero attached hydrogens (tertiary/aromatic N) is 3. The molecule has 0 radical (unpaired) electrons. The lowest BCUT2D eigenvalue weighted by atomic mass is 10.1. The average Bonchev–Trinajstić information content (AvgIpc) is 3.17. The Bertz CT molecular complexity index is 686. The maximum Gasteiger partial charge on any atom is 0.249 e. The number of aryl methyl sites for hydroxylation is 1. The molecule has 3 rings (SSSR count). The summed E-state index contributed by atoms with van der Waals surface area (Å²) in [4.78, 5) is 19.5. The average molecular weight is 342 g/mol. The second kappa shape index (κ2) is 5.98. The molecule has 2 aromatic rings. The molecule has 1 aliphatic rings. The van der Waals surface area contributed by atoms with Crippen LogP contribution in [0.3, 0.4) is 0 Å². The van der Waals surface area contributed by atoms with Gasteiger partial charge >= 0.3 is 0 Å². The van der Waals surface area contributed by atoms with Crippen LogP contribution in [-0.2, 0) is 4.79 Å². The van der Waals surface area contributed by atoms with Gasteiger partial charge in [-0.05, 0) is 26.0 Å². The number of halogens is 1. The minimum atomic E-state index is -0.583. The Hall–Kier alpha value is -1.44. The molecule has 1 unspecified atom stereocenters. The van der Waals surface area contributed by atoms with Crippen LogP contribution in [0.4, 0.5) is 0 Å². The van der Waals surface area contributed by atoms with Crippen LogP contribution in [0, 0.1) is 6.92 Å². The molecule has 1 N–H and O–H groups in total. The molecule has 0 saturated carbocycles. The Balaban J connectivity index is 1.83. The zero-order valence-electron chi connectivity index (χ0n) is 12.2. The van der Waals surface area contributed by atoms with Gasteiger partial charge in [0.2, 0.25) is 11.8 Å². The van der Waals surface area contributed by atoms with Crippen LogP contribution in [0.5, 0.6) is 0 Å². The van der Waals surface area contributed by atoms with Gasteiger partial charge in [0, 0.05) is 17.8 Å². The van der Waals surface area contributed by atoms with Crippen molar-refractivity contribution >= 4 is 28.8 Å². The number of carbonyl (C=O) groups is 1. The second-order valence-corrected chi connectivity index (χ2v) is 7.19. The first-order valence-corrected chi connectivity index (χ1v) is 8.19. The highest BCUT2D eigenvalue weighted by molar-refractivity contribution is 7.16. The van der Waals surface area contributed by atoms with E-state index in [1.54, 1.807) is 17.9 Å². The quantitative estimate of drug-likeness (QED) is 0.928. The number of aliphatic hydroxyl groups is 1. The van der Waals surface area contributed by atoms with Crippen molar-refractivity contribution in [2.75, 3.05) is 6.54 Å². The Morgan fingerprint density at radius 1 is 1.59 bits per heavy atom. The van der Waals surface area contributed by atoms with E-state index in [9.17, 15) is 9.90 Å². The molecule has 0 aromatic carbocycles. The van der Waals surface area contributed by atoms with Crippen LogP contribution in [0.2, 0.25) is 4.34 Å². The molecule has 6 nitrogen and oxygen atoms in total. The van der Waals surface area contributed by atoms with E-state index in [2.05, 4.69) is 10.1 Å². The molecule has 22 heavy (non-hydrogen) atoms. The molecule has 3 heterocycles. The zero-order valence-corrected chi connectivity index (χ0v) is 13.8. The summed E-state index contributed by atoms with van der Waals surface area (Å²) in [7, 11) is 0. The fourth-order valence-electron chi connectivity index (χ4n) is 2.67. The van der Waals surface area contributed by atoms with Crippen molar-refractivity contribution in [2.24, 2.45) is 0 Å². The summed E-state index contributed by atoms with van der Waals surface area (Å²) >= 11 is 7.33. The van der Waals surface area contributed by atoms with E-state index < -0.39 is 6.10 Å². The van der Waals surface area contributed by atoms with E-state index in [1.807, 2.05) is 13.0 Å². The molecular formula is C14H16ClN3O3S. The van der Waals surface area contributed by atoms with Gasteiger partial charge in [-0.25, -0.2) is 0 Å². The fraction of sp³-hybridized carbons (Fsp3) is 0.500. The van der Waals surface area contributed by atoms with Gasteiger partial charge < -0.3 is 14.5 Å². The highest BCUT2D eigenvalue weighted by Crippen LogP contribution is 2.36. The lowest BCUT2D eigenvalue weighted by Gasteiger charge is -2.24. The number of β-amino-alcohol motifs (C(OH)–C–C–N with tert-alkyl or cyclic N) is 1. The van der Waals surface area contributed by atoms with Crippen molar-refractivity contribution in [1.29, 1.82) is 0 Å². The molecule has 0 spiro atoms. The second-order valence-electron chi connectivity index (χ2n) is 5.44. The van der Waals surface area contributed by atoms with E-state index in [0.29, 0.717) is 22.5 Å². The zero-order chi connectivity index (χ0) is 15.9. The first-order chi connectivity index (χ1) is 10.5. The van der Waals surface area contributed by atoms with Crippen LogP contribution in [0.1, 0.15) is 41.9 Å². The van der Waals surface area contributed by atoms with Crippen LogP contribution in [0.15, 0.2) is 16.7 Å². The summed E-state index contributed by atoms with van der Waals surface area (Å²) in [6.07, 6.45) is -0.175. The highest BCUT2D eigenvalue weighted by Gasteiger charge is 2.40. The Morgan fingerprint density at radius 3 is 2.95 bits per heavy atom. The molecular weight excluding hydrogens is 326 g/mol. The number of hydrogen-bond acceptors (Lipinski definition) is 6. The van der Waals surface area contributed by atoms with E-state index >= 15 is 0 Å². The van der Waals surface area contributed by atoms with Crippen LogP contribution in [-0.4, -0.2) is 38.7 Å². The maximum absolute atomic E-state index is 12.8. The number of carbonyl (C=O) groups excluding carboxylic acids is 1. The fourth-order valence-corrected chi connectivity index (χ4v) is 3.78. The molecule has 0 aliphatic carbocycles. The molecule has 8 heteroatoms. The number of aromatic nitrogens is 2. The molecule has 1 aliphatic heterocycles. The summed E-state index contributed by atoms with van der Waals surface area (Å²) in [6, 6.07) is 3.26. The largest absolute Gasteiger partial charge is 0.391 e. The van der Waals surface area contributed by atoms with E-state index in [1.165, 1.54) is 11.3 Å². The summed E-state index contributed by atoms with van der Waals surface area (Å²) in [5.41, 5.74) is 0. The van der Waals surface area contributed by atoms with Gasteiger partial charge in [0.1, 0.15) is 6.04 Å². The third kappa shape index (κ3) is 2.88. The maximum atomic E-state index is 12.8. The van der Waals surface area contributed by atoms with Gasteiger partial charge in [-0.1, -0.05) is 16.8 Å². The third-order valence-corrected chi connectivity index (χ3v) is 5.20. The lowest BCUT2D eigenvalue weighted by molar-refractivity contribution is -0.134. The first-order valence-electron chi connectivity index (χ1n) is 6.99. The van der Waals surface area contributed by atoms with Crippen molar-refractivity contribution in [3.63, 3.8) is 0 Å². The standard InChI is InChI=1S/C14H16ClN3O3S/c1-7(11-3-4-12(15)22-11)14(20)18-6-9(19)5-10(18)13-16-8(2)17-21-13/h3-4,7,9-10,19H,5-6H2,1-2H3/t7?,9-,10-/m1/s1. The normalized spacial score (nSPS) is 23.0. The van der Waals surface area contributed by atoms with Gasteiger partial charge in [-0.15, -0.1) is 11.3 Å². The molecule has 118 valence electrons. The molecule has 1 amide bonds. The number of rotatable bonds is 3. The van der Waals surface area contributed by atoms with Gasteiger partial charge in [-0.3, -0.25) is 4.79 Å². The van der Waals surface area contributed by atoms with E-state index in [-0.39, 0.29) is 24.4 Å². The molecule has 1 fully saturated rings. The number of aliphatic hydroxyl groups excluding tert-OH is 1. The van der Waals surface area contributed by atoms with Gasteiger partial charge in [0.15, 0.2) is 5.82 Å². The Morgan fingerprint density at radius 2 is 2.36 bits per heavy atom. The van der Waals surface area contributed by atoms with Crippen LogP contribution < -0.4 is 0 Å². The minimum Gasteiger partial charge on any atom is -0.391 e. The van der Waals surface area contributed by atoms with Gasteiger partial charge in [0.05, 0.1) is 16.4 Å². The summed E-state index contributed by atoms with van der Waals surface area (Å²) < 4.78 is 5.83. The van der Waals surface area contributed by atoms with E-state index in [4.69, 9.17) is 16.1 Å². The highest BCUT2D eigenvalue weighted by atomic mass is 35.5. The van der Waals surface area contributed by atoms with Crippen molar-refractivity contribution in [3.05, 3.63) is 33.1 Å². The predicted molar refractivity (Wildman–Crippen MR) is 81.9 cm³/mol. The minimum absolute atomic E-state index is 0.0732. The van der Waals surface area contributed by atoms with Gasteiger partial charge in [0.25, 0.3) is 0 Å². The summed E-state index contributed by atoms with van der Waals surface area (Å²) in [6.45, 7) is 3.83. The molecule has 0 bridgehead atoms. The van der Waals surface area contributed by atoms with Crippen molar-refractivity contribution in [3.8, 4) is 0 Å². The smallest absolute Gasteiger partial charge is 0.249 e. The molecule has 3 atom stereocenters. The van der Waals surface area contributed by atoms with E-state index in [0.717, 1.165) is 4.88 Å². The topological polar surface area (TPSA) is 79.5 Å². The van der Waals surface area contributed by atoms with Crippen molar-refractivity contribution < 1.29 is 14.4 Å².